The Hall–Kier alpha value is -4.46. The van der Waals surface area contributed by atoms with Crippen LogP contribution in [0.15, 0.2) is 64.0 Å². The maximum absolute atomic E-state index is 13.6. The summed E-state index contributed by atoms with van der Waals surface area (Å²) in [7, 11) is 4.60. The molecule has 5 rings (SSSR count). The van der Waals surface area contributed by atoms with Crippen molar-refractivity contribution in [2.45, 2.75) is 12.3 Å². The second kappa shape index (κ2) is 8.72. The summed E-state index contributed by atoms with van der Waals surface area (Å²) in [6.07, 6.45) is 1.40. The predicted octanol–water partition coefficient (Wildman–Crippen LogP) is 4.63. The van der Waals surface area contributed by atoms with E-state index in [2.05, 4.69) is 0 Å². The summed E-state index contributed by atoms with van der Waals surface area (Å²) >= 11 is 0. The molecule has 0 saturated carbocycles. The molecule has 1 aliphatic rings. The quantitative estimate of drug-likeness (QED) is 0.330. The van der Waals surface area contributed by atoms with Gasteiger partial charge < -0.3 is 28.5 Å². The van der Waals surface area contributed by atoms with Crippen LogP contribution in [0.4, 0.5) is 0 Å². The normalized spacial score (nSPS) is 14.8. The summed E-state index contributed by atoms with van der Waals surface area (Å²) in [6, 6.07) is 13.6. The summed E-state index contributed by atoms with van der Waals surface area (Å²) in [5.41, 5.74) is 1.86. The Balaban J connectivity index is 1.72. The van der Waals surface area contributed by atoms with E-state index in [9.17, 15) is 14.7 Å². The molecule has 0 fully saturated rings. The zero-order valence-corrected chi connectivity index (χ0v) is 19.3. The standard InChI is InChI=1S/C27H22O8/c1-31-16-7-4-14(5-8-16)17-11-23(29)35-22-12-19(28)25-26(30)18(13-34-27(25)24(17)22)15-6-9-20(32-2)21(10-15)33-3/h4-10,12-13,17,28H,11H2,1-3H3/t17-/m0/s1. The lowest BCUT2D eigenvalue weighted by Crippen LogP contribution is -2.22. The van der Waals surface area contributed by atoms with Gasteiger partial charge in [-0.15, -0.1) is 0 Å². The molecular formula is C27H22O8. The molecule has 2 heterocycles. The largest absolute Gasteiger partial charge is 0.507 e. The fourth-order valence-electron chi connectivity index (χ4n) is 4.46. The van der Waals surface area contributed by atoms with Gasteiger partial charge in [-0.05, 0) is 35.4 Å². The van der Waals surface area contributed by atoms with Crippen LogP contribution in [0.25, 0.3) is 22.1 Å². The number of phenols is 1. The van der Waals surface area contributed by atoms with E-state index in [-0.39, 0.29) is 34.5 Å². The van der Waals surface area contributed by atoms with Gasteiger partial charge in [0.25, 0.3) is 0 Å². The van der Waals surface area contributed by atoms with Gasteiger partial charge in [-0.2, -0.15) is 0 Å². The Bertz CT molecular complexity index is 1500. The van der Waals surface area contributed by atoms with Gasteiger partial charge in [0, 0.05) is 17.5 Å². The first kappa shape index (κ1) is 22.3. The summed E-state index contributed by atoms with van der Waals surface area (Å²) in [4.78, 5) is 25.9. The van der Waals surface area contributed by atoms with Crippen LogP contribution in [-0.4, -0.2) is 32.4 Å². The van der Waals surface area contributed by atoms with Crippen molar-refractivity contribution in [2.75, 3.05) is 21.3 Å². The number of methoxy groups -OCH3 is 3. The number of benzene rings is 3. The minimum Gasteiger partial charge on any atom is -0.507 e. The second-order valence-electron chi connectivity index (χ2n) is 8.06. The van der Waals surface area contributed by atoms with Gasteiger partial charge in [0.1, 0.15) is 34.5 Å². The van der Waals surface area contributed by atoms with Crippen molar-refractivity contribution < 1.29 is 33.3 Å². The zero-order valence-electron chi connectivity index (χ0n) is 19.3. The van der Waals surface area contributed by atoms with Gasteiger partial charge in [-0.25, -0.2) is 0 Å². The summed E-state index contributed by atoms with van der Waals surface area (Å²) in [5, 5.41) is 10.8. The number of ether oxygens (including phenoxy) is 4. The number of esters is 1. The topological polar surface area (TPSA) is 104 Å². The van der Waals surface area contributed by atoms with Crippen molar-refractivity contribution >= 4 is 16.9 Å². The maximum atomic E-state index is 13.6. The van der Waals surface area contributed by atoms with Crippen molar-refractivity contribution in [1.82, 2.24) is 0 Å². The molecule has 8 nitrogen and oxygen atoms in total. The molecule has 1 aliphatic heterocycles. The zero-order chi connectivity index (χ0) is 24.7. The maximum Gasteiger partial charge on any atom is 0.312 e. The van der Waals surface area contributed by atoms with Crippen LogP contribution in [0.3, 0.4) is 0 Å². The van der Waals surface area contributed by atoms with Gasteiger partial charge in [0.05, 0.1) is 33.3 Å². The average Bonchev–Trinajstić information content (AvgIpc) is 2.87. The van der Waals surface area contributed by atoms with Gasteiger partial charge >= 0.3 is 5.97 Å². The molecule has 0 saturated heterocycles. The smallest absolute Gasteiger partial charge is 0.312 e. The van der Waals surface area contributed by atoms with Crippen molar-refractivity contribution in [3.05, 3.63) is 76.1 Å². The minimum atomic E-state index is -0.443. The van der Waals surface area contributed by atoms with Crippen LogP contribution in [0, 0.1) is 0 Å². The lowest BCUT2D eigenvalue weighted by atomic mass is 9.85. The minimum absolute atomic E-state index is 0.00694. The lowest BCUT2D eigenvalue weighted by Gasteiger charge is -2.26. The first-order valence-corrected chi connectivity index (χ1v) is 10.8. The number of phenolic OH excluding ortho intramolecular Hbond substituents is 1. The molecular weight excluding hydrogens is 452 g/mol. The van der Waals surface area contributed by atoms with Gasteiger partial charge in [0.2, 0.25) is 5.43 Å². The van der Waals surface area contributed by atoms with E-state index >= 15 is 0 Å². The molecule has 35 heavy (non-hydrogen) atoms. The van der Waals surface area contributed by atoms with Crippen LogP contribution < -0.4 is 24.4 Å². The number of hydrogen-bond donors (Lipinski definition) is 1. The van der Waals surface area contributed by atoms with Crippen molar-refractivity contribution in [1.29, 1.82) is 0 Å². The van der Waals surface area contributed by atoms with Crippen molar-refractivity contribution in [3.63, 3.8) is 0 Å². The summed E-state index contributed by atoms with van der Waals surface area (Å²) in [6.45, 7) is 0. The highest BCUT2D eigenvalue weighted by Crippen LogP contribution is 2.46. The fraction of sp³-hybridized carbons (Fsp3) is 0.185. The lowest BCUT2D eigenvalue weighted by molar-refractivity contribution is -0.135. The third-order valence-corrected chi connectivity index (χ3v) is 6.18. The molecule has 1 N–H and O–H groups in total. The van der Waals surface area contributed by atoms with Crippen LogP contribution >= 0.6 is 0 Å². The second-order valence-corrected chi connectivity index (χ2v) is 8.06. The Labute approximate surface area is 200 Å². The van der Waals surface area contributed by atoms with E-state index < -0.39 is 17.3 Å². The molecule has 0 unspecified atom stereocenters. The highest BCUT2D eigenvalue weighted by molar-refractivity contribution is 5.94. The molecule has 0 amide bonds. The molecule has 1 atom stereocenters. The third-order valence-electron chi connectivity index (χ3n) is 6.18. The van der Waals surface area contributed by atoms with E-state index in [0.29, 0.717) is 28.4 Å². The van der Waals surface area contributed by atoms with Crippen LogP contribution in [-0.2, 0) is 4.79 Å². The van der Waals surface area contributed by atoms with Crippen molar-refractivity contribution in [3.8, 4) is 39.9 Å². The molecule has 0 aliphatic carbocycles. The SMILES string of the molecule is COc1ccc([C@@H]2CC(=O)Oc3cc(O)c4c(=O)c(-c5ccc(OC)c(OC)c5)coc4c32)cc1. The third kappa shape index (κ3) is 3.73. The number of fused-ring (bicyclic) bond motifs is 3. The van der Waals surface area contributed by atoms with E-state index in [1.165, 1.54) is 26.5 Å². The van der Waals surface area contributed by atoms with E-state index in [1.807, 2.05) is 12.1 Å². The molecule has 1 aromatic heterocycles. The first-order valence-electron chi connectivity index (χ1n) is 10.8. The Kier molecular flexibility index (Phi) is 5.56. The van der Waals surface area contributed by atoms with Gasteiger partial charge in [-0.3, -0.25) is 9.59 Å². The molecule has 0 spiro atoms. The Morgan fingerprint density at radius 2 is 1.66 bits per heavy atom. The number of rotatable bonds is 5. The monoisotopic (exact) mass is 474 g/mol. The Morgan fingerprint density at radius 3 is 2.34 bits per heavy atom. The molecule has 178 valence electrons. The molecule has 4 aromatic rings. The highest BCUT2D eigenvalue weighted by atomic mass is 16.5. The van der Waals surface area contributed by atoms with Crippen LogP contribution in [0.5, 0.6) is 28.7 Å². The van der Waals surface area contributed by atoms with Crippen LogP contribution in [0.2, 0.25) is 0 Å². The molecule has 0 radical (unpaired) electrons. The average molecular weight is 474 g/mol. The predicted molar refractivity (Wildman–Crippen MR) is 128 cm³/mol. The number of carbonyl (C=O) groups excluding carboxylic acids is 1. The first-order chi connectivity index (χ1) is 16.9. The number of hydrogen-bond acceptors (Lipinski definition) is 8. The van der Waals surface area contributed by atoms with E-state index in [0.717, 1.165) is 5.56 Å². The van der Waals surface area contributed by atoms with Gasteiger partial charge in [-0.1, -0.05) is 18.2 Å². The van der Waals surface area contributed by atoms with E-state index in [4.69, 9.17) is 23.4 Å². The van der Waals surface area contributed by atoms with Crippen molar-refractivity contribution in [2.24, 2.45) is 0 Å². The molecule has 0 bridgehead atoms. The van der Waals surface area contributed by atoms with Gasteiger partial charge in [0.15, 0.2) is 11.5 Å². The highest BCUT2D eigenvalue weighted by Gasteiger charge is 2.33. The molecule has 3 aromatic carbocycles. The number of carbonyl (C=O) groups is 1. The number of aromatic hydroxyl groups is 1. The summed E-state index contributed by atoms with van der Waals surface area (Å²) < 4.78 is 27.2. The van der Waals surface area contributed by atoms with E-state index in [1.54, 1.807) is 37.4 Å². The summed E-state index contributed by atoms with van der Waals surface area (Å²) in [5.74, 6) is 0.589. The fourth-order valence-corrected chi connectivity index (χ4v) is 4.46. The Morgan fingerprint density at radius 1 is 0.914 bits per heavy atom. The molecule has 8 heteroatoms. The van der Waals surface area contributed by atoms with Crippen LogP contribution in [0.1, 0.15) is 23.5 Å².